The van der Waals surface area contributed by atoms with E-state index in [1.807, 2.05) is 0 Å². The molecule has 14 heavy (non-hydrogen) atoms. The van der Waals surface area contributed by atoms with Gasteiger partial charge in [-0.25, -0.2) is 4.98 Å². The van der Waals surface area contributed by atoms with Crippen LogP contribution in [0.5, 0.6) is 0 Å². The Morgan fingerprint density at radius 1 is 1.29 bits per heavy atom. The third-order valence-electron chi connectivity index (χ3n) is 1.90. The summed E-state index contributed by atoms with van der Waals surface area (Å²) >= 11 is 0. The lowest BCUT2D eigenvalue weighted by atomic mass is 10.4. The molecule has 0 aliphatic heterocycles. The van der Waals surface area contributed by atoms with Crippen molar-refractivity contribution in [2.75, 3.05) is 32.0 Å². The van der Waals surface area contributed by atoms with Gasteiger partial charge in [-0.1, -0.05) is 0 Å². The van der Waals surface area contributed by atoms with Gasteiger partial charge in [0.2, 0.25) is 0 Å². The highest BCUT2D eigenvalue weighted by Crippen LogP contribution is 2.05. The molecule has 6 heteroatoms. The summed E-state index contributed by atoms with van der Waals surface area (Å²) in [6.45, 7) is 1.00. The Kier molecular flexibility index (Phi) is 4.24. The van der Waals surface area contributed by atoms with E-state index in [0.29, 0.717) is 24.6 Å². The molecule has 6 nitrogen and oxygen atoms in total. The van der Waals surface area contributed by atoms with Gasteiger partial charge >= 0.3 is 0 Å². The van der Waals surface area contributed by atoms with Crippen LogP contribution in [0.1, 0.15) is 0 Å². The molecule has 5 N–H and O–H groups in total. The predicted octanol–water partition coefficient (Wildman–Crippen LogP) is -2.44. The molecule has 0 saturated carbocycles. The van der Waals surface area contributed by atoms with Gasteiger partial charge in [0.25, 0.3) is 5.82 Å². The minimum atomic E-state index is 0.0266. The highest BCUT2D eigenvalue weighted by molar-refractivity contribution is 5.49. The van der Waals surface area contributed by atoms with Gasteiger partial charge in [-0.05, 0) is 0 Å². The largest absolute Gasteiger partial charge is 0.391 e. The third kappa shape index (κ3) is 2.63. The van der Waals surface area contributed by atoms with Crippen molar-refractivity contribution in [1.29, 1.82) is 0 Å². The van der Waals surface area contributed by atoms with Gasteiger partial charge in [0, 0.05) is 0 Å². The molecule has 0 fully saturated rings. The summed E-state index contributed by atoms with van der Waals surface area (Å²) in [5.41, 5.74) is 6.15. The summed E-state index contributed by atoms with van der Waals surface area (Å²) in [7, 11) is 0. The first-order valence-corrected chi connectivity index (χ1v) is 4.42. The molecule has 1 aromatic heterocycles. The van der Waals surface area contributed by atoms with Gasteiger partial charge in [0.05, 0.1) is 19.4 Å². The topological polar surface area (TPSA) is 96.7 Å². The van der Waals surface area contributed by atoms with Crippen molar-refractivity contribution in [2.24, 2.45) is 0 Å². The van der Waals surface area contributed by atoms with Crippen molar-refractivity contribution in [3.8, 4) is 0 Å². The first-order valence-electron chi connectivity index (χ1n) is 4.42. The van der Waals surface area contributed by atoms with E-state index in [4.69, 9.17) is 15.9 Å². The second-order valence-electron chi connectivity index (χ2n) is 2.88. The van der Waals surface area contributed by atoms with Crippen LogP contribution in [0.4, 0.5) is 11.5 Å². The summed E-state index contributed by atoms with van der Waals surface area (Å²) in [5, 5.41) is 17.7. The smallest absolute Gasteiger partial charge is 0.252 e. The van der Waals surface area contributed by atoms with Gasteiger partial charge in [0.1, 0.15) is 25.1 Å². The van der Waals surface area contributed by atoms with Crippen LogP contribution in [0.25, 0.3) is 0 Å². The maximum absolute atomic E-state index is 8.83. The minimum Gasteiger partial charge on any atom is -0.391 e. The molecule has 0 saturated heterocycles. The highest BCUT2D eigenvalue weighted by Gasteiger charge is 2.15. The SMILES string of the molecule is Nc1cncnc1[NH+](CCO)CCO. The number of rotatable bonds is 5. The molecule has 0 aliphatic rings. The number of nitrogens with zero attached hydrogens (tertiary/aromatic N) is 2. The van der Waals surface area contributed by atoms with Crippen molar-refractivity contribution >= 4 is 11.5 Å². The molecule has 1 rings (SSSR count). The Balaban J connectivity index is 2.81. The van der Waals surface area contributed by atoms with Crippen LogP contribution in [0, 0.1) is 0 Å². The molecule has 1 aromatic rings. The van der Waals surface area contributed by atoms with E-state index in [2.05, 4.69) is 9.97 Å². The number of nitrogens with one attached hydrogen (secondary N) is 1. The van der Waals surface area contributed by atoms with Crippen molar-refractivity contribution in [3.05, 3.63) is 12.5 Å². The summed E-state index contributed by atoms with van der Waals surface area (Å²) in [6.07, 6.45) is 2.91. The van der Waals surface area contributed by atoms with Crippen molar-refractivity contribution in [3.63, 3.8) is 0 Å². The van der Waals surface area contributed by atoms with Gasteiger partial charge in [-0.2, -0.15) is 4.98 Å². The molecule has 0 radical (unpaired) electrons. The van der Waals surface area contributed by atoms with E-state index < -0.39 is 0 Å². The number of hydrogen-bond acceptors (Lipinski definition) is 5. The molecular weight excluding hydrogens is 184 g/mol. The van der Waals surface area contributed by atoms with Crippen LogP contribution < -0.4 is 10.6 Å². The average Bonchev–Trinajstić information content (AvgIpc) is 2.18. The molecular formula is C8H15N4O2+. The van der Waals surface area contributed by atoms with E-state index in [0.717, 1.165) is 4.90 Å². The Morgan fingerprint density at radius 3 is 2.43 bits per heavy atom. The van der Waals surface area contributed by atoms with E-state index in [-0.39, 0.29) is 13.2 Å². The second kappa shape index (κ2) is 5.48. The third-order valence-corrected chi connectivity index (χ3v) is 1.90. The number of aromatic nitrogens is 2. The molecule has 0 unspecified atom stereocenters. The number of aliphatic hydroxyl groups excluding tert-OH is 2. The zero-order valence-corrected chi connectivity index (χ0v) is 7.85. The highest BCUT2D eigenvalue weighted by atomic mass is 16.3. The van der Waals surface area contributed by atoms with Crippen LogP contribution >= 0.6 is 0 Å². The number of quaternary nitrogens is 1. The van der Waals surface area contributed by atoms with Gasteiger partial charge in [0.15, 0.2) is 0 Å². The molecule has 0 aromatic carbocycles. The molecule has 0 atom stereocenters. The van der Waals surface area contributed by atoms with Crippen molar-refractivity contribution in [1.82, 2.24) is 9.97 Å². The fourth-order valence-corrected chi connectivity index (χ4v) is 1.27. The molecule has 1 heterocycles. The van der Waals surface area contributed by atoms with Gasteiger partial charge < -0.3 is 15.9 Å². The lowest BCUT2D eigenvalue weighted by Crippen LogP contribution is -3.08. The number of nitrogens with two attached hydrogens (primary N) is 1. The molecule has 78 valence electrons. The zero-order valence-electron chi connectivity index (χ0n) is 7.85. The minimum absolute atomic E-state index is 0.0266. The molecule has 0 aliphatic carbocycles. The summed E-state index contributed by atoms with van der Waals surface area (Å²) < 4.78 is 0. The Labute approximate surface area is 82.0 Å². The fraction of sp³-hybridized carbons (Fsp3) is 0.500. The van der Waals surface area contributed by atoms with Crippen LogP contribution in [0.3, 0.4) is 0 Å². The first kappa shape index (κ1) is 10.8. The maximum Gasteiger partial charge on any atom is 0.252 e. The monoisotopic (exact) mass is 199 g/mol. The zero-order chi connectivity index (χ0) is 10.4. The van der Waals surface area contributed by atoms with E-state index in [1.165, 1.54) is 12.5 Å². The number of nitrogen functional groups attached to an aromatic ring is 1. The van der Waals surface area contributed by atoms with E-state index in [1.54, 1.807) is 0 Å². The Morgan fingerprint density at radius 2 is 1.93 bits per heavy atom. The summed E-state index contributed by atoms with van der Waals surface area (Å²) in [5.74, 6) is 0.628. The van der Waals surface area contributed by atoms with E-state index >= 15 is 0 Å². The number of aliphatic hydroxyl groups is 2. The Bertz CT molecular complexity index is 276. The van der Waals surface area contributed by atoms with Crippen LogP contribution in [-0.4, -0.2) is 46.5 Å². The van der Waals surface area contributed by atoms with Gasteiger partial charge in [-0.15, -0.1) is 0 Å². The first-order chi connectivity index (χ1) is 6.79. The molecule has 0 amide bonds. The van der Waals surface area contributed by atoms with Crippen molar-refractivity contribution < 1.29 is 15.1 Å². The quantitative estimate of drug-likeness (QED) is 0.422. The number of anilines is 1. The lowest BCUT2D eigenvalue weighted by Gasteiger charge is -2.16. The summed E-state index contributed by atoms with van der Waals surface area (Å²) in [6, 6.07) is 0. The van der Waals surface area contributed by atoms with E-state index in [9.17, 15) is 0 Å². The summed E-state index contributed by atoms with van der Waals surface area (Å²) in [4.78, 5) is 8.65. The lowest BCUT2D eigenvalue weighted by molar-refractivity contribution is -0.835. The normalized spacial score (nSPS) is 10.8. The number of hydrogen-bond donors (Lipinski definition) is 4. The van der Waals surface area contributed by atoms with Crippen LogP contribution in [0.15, 0.2) is 12.5 Å². The van der Waals surface area contributed by atoms with Crippen LogP contribution in [0.2, 0.25) is 0 Å². The average molecular weight is 199 g/mol. The standard InChI is InChI=1S/C8H14N4O2/c9-7-5-10-6-11-8(7)12(1-3-13)2-4-14/h5-6,13-14H,1-4,9H2/p+1. The Hall–Kier alpha value is -1.24. The maximum atomic E-state index is 8.83. The predicted molar refractivity (Wildman–Crippen MR) is 51.0 cm³/mol. The van der Waals surface area contributed by atoms with Crippen molar-refractivity contribution in [2.45, 2.75) is 0 Å². The van der Waals surface area contributed by atoms with Crippen LogP contribution in [-0.2, 0) is 0 Å². The fourth-order valence-electron chi connectivity index (χ4n) is 1.27. The molecule has 0 bridgehead atoms. The molecule has 0 spiro atoms. The van der Waals surface area contributed by atoms with Gasteiger partial charge in [-0.3, -0.25) is 4.90 Å². The second-order valence-corrected chi connectivity index (χ2v) is 2.88.